The molecule has 0 heterocycles. The Labute approximate surface area is 176 Å². The minimum Gasteiger partial charge on any atom is -0.354 e. The molecule has 4 nitrogen and oxygen atoms in total. The van der Waals surface area contributed by atoms with Gasteiger partial charge in [0, 0.05) is 35.2 Å². The Balaban J connectivity index is 2.04. The third-order valence-corrected chi connectivity index (χ3v) is 5.54. The number of carbonyl (C=O) groups is 2. The van der Waals surface area contributed by atoms with Gasteiger partial charge in [0.15, 0.2) is 0 Å². The Morgan fingerprint density at radius 1 is 1.14 bits per heavy atom. The summed E-state index contributed by atoms with van der Waals surface area (Å²) in [7, 11) is 0. The number of benzene rings is 2. The Morgan fingerprint density at radius 2 is 1.89 bits per heavy atom. The van der Waals surface area contributed by atoms with Crippen LogP contribution in [0.5, 0.6) is 0 Å². The fourth-order valence-corrected chi connectivity index (χ4v) is 3.80. The van der Waals surface area contributed by atoms with Crippen LogP contribution in [0.15, 0.2) is 59.5 Å². The lowest BCUT2D eigenvalue weighted by Crippen LogP contribution is -2.47. The maximum Gasteiger partial charge on any atom is 0.242 e. The summed E-state index contributed by atoms with van der Waals surface area (Å²) in [5, 5.41) is 3.50. The van der Waals surface area contributed by atoms with Crippen LogP contribution in [0.3, 0.4) is 0 Å². The van der Waals surface area contributed by atoms with Gasteiger partial charge in [0.25, 0.3) is 0 Å². The number of halogens is 1. The molecule has 0 unspecified atom stereocenters. The lowest BCUT2D eigenvalue weighted by Gasteiger charge is -2.29. The lowest BCUT2D eigenvalue weighted by atomic mass is 10.1. The molecule has 0 fully saturated rings. The Hall–Kier alpha value is -1.98. The summed E-state index contributed by atoms with van der Waals surface area (Å²) in [6.45, 7) is 4.74. The highest BCUT2D eigenvalue weighted by molar-refractivity contribution is 7.99. The first kappa shape index (κ1) is 22.3. The molecule has 0 aliphatic carbocycles. The number of thioether (sulfide) groups is 1. The molecule has 2 rings (SSSR count). The summed E-state index contributed by atoms with van der Waals surface area (Å²) in [6.07, 6.45) is 1.22. The van der Waals surface area contributed by atoms with Crippen molar-refractivity contribution in [3.05, 3.63) is 65.2 Å². The second-order valence-electron chi connectivity index (χ2n) is 6.53. The molecule has 0 bridgehead atoms. The van der Waals surface area contributed by atoms with Crippen LogP contribution in [0.25, 0.3) is 0 Å². The van der Waals surface area contributed by atoms with Crippen molar-refractivity contribution in [2.45, 2.75) is 44.2 Å². The minimum absolute atomic E-state index is 0.0393. The maximum absolute atomic E-state index is 12.9. The van der Waals surface area contributed by atoms with E-state index in [2.05, 4.69) is 5.32 Å². The van der Waals surface area contributed by atoms with E-state index in [0.29, 0.717) is 30.3 Å². The molecule has 6 heteroatoms. The Morgan fingerprint density at radius 3 is 2.57 bits per heavy atom. The van der Waals surface area contributed by atoms with Crippen LogP contribution < -0.4 is 5.32 Å². The molecule has 28 heavy (non-hydrogen) atoms. The van der Waals surface area contributed by atoms with Crippen molar-refractivity contribution in [2.75, 3.05) is 12.3 Å². The number of carbonyl (C=O) groups excluding carboxylic acids is 2. The first-order valence-electron chi connectivity index (χ1n) is 9.50. The van der Waals surface area contributed by atoms with E-state index in [9.17, 15) is 9.59 Å². The van der Waals surface area contributed by atoms with Crippen molar-refractivity contribution < 1.29 is 9.59 Å². The van der Waals surface area contributed by atoms with Crippen LogP contribution in [0.4, 0.5) is 0 Å². The maximum atomic E-state index is 12.9. The summed E-state index contributed by atoms with van der Waals surface area (Å²) in [5.74, 6) is 0.494. The summed E-state index contributed by atoms with van der Waals surface area (Å²) in [6, 6.07) is 16.8. The number of hydrogen-bond acceptors (Lipinski definition) is 3. The SMILES string of the molecule is CCCNC(=O)[C@@H](C)N(Cc1cccc(Cl)c1)C(=O)CCSc1ccccc1. The molecule has 2 aromatic rings. The average molecular weight is 419 g/mol. The van der Waals surface area contributed by atoms with Gasteiger partial charge in [-0.1, -0.05) is 48.9 Å². The molecule has 0 aliphatic rings. The Bertz CT molecular complexity index is 770. The highest BCUT2D eigenvalue weighted by Gasteiger charge is 2.25. The number of amides is 2. The van der Waals surface area contributed by atoms with Gasteiger partial charge in [-0.2, -0.15) is 0 Å². The smallest absolute Gasteiger partial charge is 0.242 e. The van der Waals surface area contributed by atoms with Gasteiger partial charge < -0.3 is 10.2 Å². The molecule has 0 spiro atoms. The molecule has 2 aromatic carbocycles. The van der Waals surface area contributed by atoms with Gasteiger partial charge in [-0.15, -0.1) is 11.8 Å². The van der Waals surface area contributed by atoms with Crippen molar-refractivity contribution in [1.82, 2.24) is 10.2 Å². The molecule has 1 atom stereocenters. The van der Waals surface area contributed by atoms with E-state index in [4.69, 9.17) is 11.6 Å². The van der Waals surface area contributed by atoms with E-state index in [1.807, 2.05) is 55.5 Å². The van der Waals surface area contributed by atoms with E-state index >= 15 is 0 Å². The topological polar surface area (TPSA) is 49.4 Å². The summed E-state index contributed by atoms with van der Waals surface area (Å²) in [4.78, 5) is 28.2. The molecule has 0 radical (unpaired) electrons. The zero-order valence-electron chi connectivity index (χ0n) is 16.4. The van der Waals surface area contributed by atoms with Crippen molar-refractivity contribution in [2.24, 2.45) is 0 Å². The van der Waals surface area contributed by atoms with Gasteiger partial charge in [-0.3, -0.25) is 9.59 Å². The van der Waals surface area contributed by atoms with Gasteiger partial charge in [0.1, 0.15) is 6.04 Å². The van der Waals surface area contributed by atoms with Crippen molar-refractivity contribution >= 4 is 35.2 Å². The van der Waals surface area contributed by atoms with E-state index in [-0.39, 0.29) is 11.8 Å². The van der Waals surface area contributed by atoms with E-state index < -0.39 is 6.04 Å². The quantitative estimate of drug-likeness (QED) is 0.565. The molecular weight excluding hydrogens is 392 g/mol. The molecule has 0 saturated heterocycles. The third kappa shape index (κ3) is 7.21. The van der Waals surface area contributed by atoms with Crippen LogP contribution in [0.2, 0.25) is 5.02 Å². The fraction of sp³-hybridized carbons (Fsp3) is 0.364. The van der Waals surface area contributed by atoms with Crippen LogP contribution in [0, 0.1) is 0 Å². The number of hydrogen-bond donors (Lipinski definition) is 1. The summed E-state index contributed by atoms with van der Waals surface area (Å²) in [5.41, 5.74) is 0.909. The molecule has 2 amide bonds. The monoisotopic (exact) mass is 418 g/mol. The normalized spacial score (nSPS) is 11.7. The predicted octanol–water partition coefficient (Wildman–Crippen LogP) is 4.77. The third-order valence-electron chi connectivity index (χ3n) is 4.29. The van der Waals surface area contributed by atoms with E-state index in [1.165, 1.54) is 0 Å². The number of nitrogens with one attached hydrogen (secondary N) is 1. The zero-order valence-corrected chi connectivity index (χ0v) is 17.9. The van der Waals surface area contributed by atoms with Gasteiger partial charge in [0.2, 0.25) is 11.8 Å². The first-order chi connectivity index (χ1) is 13.5. The highest BCUT2D eigenvalue weighted by atomic mass is 35.5. The number of nitrogens with zero attached hydrogens (tertiary/aromatic N) is 1. The van der Waals surface area contributed by atoms with Crippen molar-refractivity contribution in [1.29, 1.82) is 0 Å². The van der Waals surface area contributed by atoms with Crippen LogP contribution >= 0.6 is 23.4 Å². The van der Waals surface area contributed by atoms with Gasteiger partial charge in [0.05, 0.1) is 0 Å². The summed E-state index contributed by atoms with van der Waals surface area (Å²) >= 11 is 7.72. The second-order valence-corrected chi connectivity index (χ2v) is 8.13. The van der Waals surface area contributed by atoms with Crippen molar-refractivity contribution in [3.63, 3.8) is 0 Å². The predicted molar refractivity (Wildman–Crippen MR) is 117 cm³/mol. The molecule has 150 valence electrons. The first-order valence-corrected chi connectivity index (χ1v) is 10.9. The zero-order chi connectivity index (χ0) is 20.4. The largest absolute Gasteiger partial charge is 0.354 e. The van der Waals surface area contributed by atoms with Gasteiger partial charge >= 0.3 is 0 Å². The van der Waals surface area contributed by atoms with Gasteiger partial charge in [-0.05, 0) is 43.2 Å². The number of rotatable bonds is 10. The fourth-order valence-electron chi connectivity index (χ4n) is 2.73. The minimum atomic E-state index is -0.542. The van der Waals surface area contributed by atoms with E-state index in [0.717, 1.165) is 16.9 Å². The molecule has 0 aliphatic heterocycles. The summed E-state index contributed by atoms with van der Waals surface area (Å²) < 4.78 is 0. The van der Waals surface area contributed by atoms with Crippen LogP contribution in [-0.2, 0) is 16.1 Å². The van der Waals surface area contributed by atoms with Gasteiger partial charge in [-0.25, -0.2) is 0 Å². The van der Waals surface area contributed by atoms with Crippen molar-refractivity contribution in [3.8, 4) is 0 Å². The van der Waals surface area contributed by atoms with Crippen LogP contribution in [-0.4, -0.2) is 35.1 Å². The second kappa shape index (κ2) is 11.8. The highest BCUT2D eigenvalue weighted by Crippen LogP contribution is 2.20. The molecule has 1 N–H and O–H groups in total. The van der Waals surface area contributed by atoms with E-state index in [1.54, 1.807) is 29.7 Å². The molecular formula is C22H27ClN2O2S. The lowest BCUT2D eigenvalue weighted by molar-refractivity contribution is -0.140. The Kier molecular flexibility index (Phi) is 9.38. The van der Waals surface area contributed by atoms with Crippen LogP contribution in [0.1, 0.15) is 32.3 Å². The molecule has 0 aromatic heterocycles. The standard InChI is InChI=1S/C22H27ClN2O2S/c1-3-13-24-22(27)17(2)25(16-18-8-7-9-19(23)15-18)21(26)12-14-28-20-10-5-4-6-11-20/h4-11,15,17H,3,12-14,16H2,1-2H3,(H,24,27)/t17-/m1/s1. The average Bonchev–Trinajstić information content (AvgIpc) is 2.70. The molecule has 0 saturated carbocycles.